The van der Waals surface area contributed by atoms with Crippen LogP contribution in [-0.2, 0) is 12.8 Å². The van der Waals surface area contributed by atoms with Gasteiger partial charge in [-0.1, -0.05) is 0 Å². The van der Waals surface area contributed by atoms with Gasteiger partial charge >= 0.3 is 0 Å². The molecule has 4 rings (SSSR count). The SMILES string of the molecule is Cc1ccncc1C(=O)c1oc2nc3c(cc2c1N)CCCC3. The van der Waals surface area contributed by atoms with E-state index in [-0.39, 0.29) is 11.5 Å². The Labute approximate surface area is 133 Å². The quantitative estimate of drug-likeness (QED) is 0.735. The molecule has 3 aromatic heterocycles. The van der Waals surface area contributed by atoms with Gasteiger partial charge < -0.3 is 10.2 Å². The van der Waals surface area contributed by atoms with Gasteiger partial charge in [0.05, 0.1) is 11.1 Å². The zero-order chi connectivity index (χ0) is 16.0. The van der Waals surface area contributed by atoms with E-state index in [2.05, 4.69) is 9.97 Å². The number of ketones is 1. The third kappa shape index (κ3) is 2.20. The first-order valence-electron chi connectivity index (χ1n) is 7.81. The van der Waals surface area contributed by atoms with E-state index in [4.69, 9.17) is 10.2 Å². The molecule has 0 aromatic carbocycles. The molecule has 5 heteroatoms. The van der Waals surface area contributed by atoms with Gasteiger partial charge in [-0.3, -0.25) is 9.78 Å². The van der Waals surface area contributed by atoms with Crippen LogP contribution in [0.15, 0.2) is 28.9 Å². The molecule has 0 spiro atoms. The summed E-state index contributed by atoms with van der Waals surface area (Å²) in [7, 11) is 0. The average Bonchev–Trinajstić information content (AvgIpc) is 2.89. The molecule has 0 aliphatic heterocycles. The second-order valence-electron chi connectivity index (χ2n) is 6.02. The number of nitrogens with two attached hydrogens (primary N) is 1. The van der Waals surface area contributed by atoms with Gasteiger partial charge in [-0.25, -0.2) is 4.98 Å². The summed E-state index contributed by atoms with van der Waals surface area (Å²) in [4.78, 5) is 21.3. The maximum absolute atomic E-state index is 12.7. The van der Waals surface area contributed by atoms with Gasteiger partial charge in [-0.05, 0) is 55.9 Å². The number of fused-ring (bicyclic) bond motifs is 2. The van der Waals surface area contributed by atoms with Crippen LogP contribution in [0.5, 0.6) is 0 Å². The Morgan fingerprint density at radius 1 is 1.30 bits per heavy atom. The zero-order valence-electron chi connectivity index (χ0n) is 12.9. The van der Waals surface area contributed by atoms with Crippen molar-refractivity contribution >= 4 is 22.6 Å². The van der Waals surface area contributed by atoms with Crippen molar-refractivity contribution in [3.05, 3.63) is 52.7 Å². The van der Waals surface area contributed by atoms with E-state index in [0.717, 1.165) is 35.9 Å². The monoisotopic (exact) mass is 307 g/mol. The van der Waals surface area contributed by atoms with Crippen LogP contribution in [0.3, 0.4) is 0 Å². The second kappa shape index (κ2) is 5.19. The fourth-order valence-corrected chi connectivity index (χ4v) is 3.15. The minimum atomic E-state index is -0.246. The maximum atomic E-state index is 12.7. The molecule has 3 heterocycles. The number of carbonyl (C=O) groups is 1. The molecule has 1 aliphatic carbocycles. The lowest BCUT2D eigenvalue weighted by Crippen LogP contribution is -2.05. The molecule has 5 nitrogen and oxygen atoms in total. The lowest BCUT2D eigenvalue weighted by Gasteiger charge is -2.13. The lowest BCUT2D eigenvalue weighted by atomic mass is 9.95. The predicted molar refractivity (Wildman–Crippen MR) is 87.5 cm³/mol. The van der Waals surface area contributed by atoms with Gasteiger partial charge in [0.1, 0.15) is 0 Å². The summed E-state index contributed by atoms with van der Waals surface area (Å²) in [5.41, 5.74) is 10.6. The summed E-state index contributed by atoms with van der Waals surface area (Å²) in [6, 6.07) is 3.82. The number of furan rings is 1. The number of nitrogen functional groups attached to an aromatic ring is 1. The summed E-state index contributed by atoms with van der Waals surface area (Å²) in [5.74, 6) is -0.0879. The normalized spacial score (nSPS) is 14.0. The Hall–Kier alpha value is -2.69. The van der Waals surface area contributed by atoms with Crippen molar-refractivity contribution in [3.8, 4) is 0 Å². The van der Waals surface area contributed by atoms with Crippen LogP contribution >= 0.6 is 0 Å². The minimum absolute atomic E-state index is 0.158. The molecule has 0 saturated carbocycles. The van der Waals surface area contributed by atoms with Crippen molar-refractivity contribution in [3.63, 3.8) is 0 Å². The maximum Gasteiger partial charge on any atom is 0.232 e. The van der Waals surface area contributed by atoms with Crippen LogP contribution in [0.25, 0.3) is 11.1 Å². The van der Waals surface area contributed by atoms with Crippen molar-refractivity contribution in [2.24, 2.45) is 0 Å². The molecule has 0 saturated heterocycles. The standard InChI is InChI=1S/C18H17N3O2/c1-10-6-7-20-9-13(10)16(22)17-15(19)12-8-11-4-2-3-5-14(11)21-18(12)23-17/h6-9H,2-5,19H2,1H3. The predicted octanol–water partition coefficient (Wildman–Crippen LogP) is 3.22. The summed E-state index contributed by atoms with van der Waals surface area (Å²) in [6.45, 7) is 1.87. The molecular formula is C18H17N3O2. The number of hydrogen-bond acceptors (Lipinski definition) is 5. The molecule has 0 unspecified atom stereocenters. The van der Waals surface area contributed by atoms with E-state index in [0.29, 0.717) is 17.0 Å². The largest absolute Gasteiger partial charge is 0.432 e. The number of rotatable bonds is 2. The number of carbonyl (C=O) groups excluding carboxylic acids is 1. The van der Waals surface area contributed by atoms with Crippen LogP contribution in [0, 0.1) is 6.92 Å². The first kappa shape index (κ1) is 13.9. The fourth-order valence-electron chi connectivity index (χ4n) is 3.15. The summed E-state index contributed by atoms with van der Waals surface area (Å²) in [5, 5.41) is 0.732. The van der Waals surface area contributed by atoms with Crippen LogP contribution in [0.4, 0.5) is 5.69 Å². The molecule has 0 radical (unpaired) electrons. The van der Waals surface area contributed by atoms with Gasteiger partial charge in [0.15, 0.2) is 0 Å². The van der Waals surface area contributed by atoms with E-state index in [1.165, 1.54) is 12.0 Å². The van der Waals surface area contributed by atoms with Crippen molar-refractivity contribution in [2.45, 2.75) is 32.6 Å². The number of anilines is 1. The van der Waals surface area contributed by atoms with Gasteiger partial charge in [0, 0.05) is 23.7 Å². The van der Waals surface area contributed by atoms with Crippen LogP contribution in [0.2, 0.25) is 0 Å². The van der Waals surface area contributed by atoms with Gasteiger partial charge in [0.25, 0.3) is 0 Å². The molecule has 3 aromatic rings. The summed E-state index contributed by atoms with van der Waals surface area (Å²) < 4.78 is 5.72. The smallest absolute Gasteiger partial charge is 0.232 e. The Bertz CT molecular complexity index is 927. The highest BCUT2D eigenvalue weighted by molar-refractivity contribution is 6.14. The molecule has 0 amide bonds. The van der Waals surface area contributed by atoms with E-state index >= 15 is 0 Å². The first-order chi connectivity index (χ1) is 11.1. The van der Waals surface area contributed by atoms with Crippen molar-refractivity contribution in [1.29, 1.82) is 0 Å². The van der Waals surface area contributed by atoms with E-state index < -0.39 is 0 Å². The number of aromatic nitrogens is 2. The van der Waals surface area contributed by atoms with Crippen LogP contribution in [0.1, 0.15) is 45.8 Å². The Kier molecular flexibility index (Phi) is 3.15. The molecule has 0 bridgehead atoms. The third-order valence-corrected chi connectivity index (χ3v) is 4.49. The summed E-state index contributed by atoms with van der Waals surface area (Å²) >= 11 is 0. The highest BCUT2D eigenvalue weighted by Crippen LogP contribution is 2.32. The van der Waals surface area contributed by atoms with E-state index in [1.807, 2.05) is 13.0 Å². The Morgan fingerprint density at radius 3 is 2.96 bits per heavy atom. The highest BCUT2D eigenvalue weighted by Gasteiger charge is 2.24. The highest BCUT2D eigenvalue weighted by atomic mass is 16.4. The molecule has 2 N–H and O–H groups in total. The number of nitrogens with zero attached hydrogens (tertiary/aromatic N) is 2. The van der Waals surface area contributed by atoms with Gasteiger partial charge in [-0.2, -0.15) is 0 Å². The first-order valence-corrected chi connectivity index (χ1v) is 7.81. The average molecular weight is 307 g/mol. The zero-order valence-corrected chi connectivity index (χ0v) is 12.9. The number of aryl methyl sites for hydroxylation is 3. The molecule has 23 heavy (non-hydrogen) atoms. The second-order valence-corrected chi connectivity index (χ2v) is 6.02. The van der Waals surface area contributed by atoms with Gasteiger partial charge in [-0.15, -0.1) is 0 Å². The van der Waals surface area contributed by atoms with Crippen molar-refractivity contribution < 1.29 is 9.21 Å². The topological polar surface area (TPSA) is 82.0 Å². The molecule has 116 valence electrons. The van der Waals surface area contributed by atoms with Crippen LogP contribution < -0.4 is 5.73 Å². The minimum Gasteiger partial charge on any atom is -0.432 e. The number of pyridine rings is 2. The van der Waals surface area contributed by atoms with Crippen LogP contribution in [-0.4, -0.2) is 15.8 Å². The molecule has 1 aliphatic rings. The molecule has 0 atom stereocenters. The number of hydrogen-bond donors (Lipinski definition) is 1. The molecule has 0 fully saturated rings. The molecular weight excluding hydrogens is 290 g/mol. The third-order valence-electron chi connectivity index (χ3n) is 4.49. The van der Waals surface area contributed by atoms with Crippen molar-refractivity contribution in [2.75, 3.05) is 5.73 Å². The van der Waals surface area contributed by atoms with Crippen molar-refractivity contribution in [1.82, 2.24) is 9.97 Å². The lowest BCUT2D eigenvalue weighted by molar-refractivity contribution is 0.101. The Morgan fingerprint density at radius 2 is 2.13 bits per heavy atom. The van der Waals surface area contributed by atoms with Gasteiger partial charge in [0.2, 0.25) is 17.3 Å². The van der Waals surface area contributed by atoms with E-state index in [9.17, 15) is 4.79 Å². The summed E-state index contributed by atoms with van der Waals surface area (Å²) in [6.07, 6.45) is 7.47. The fraction of sp³-hybridized carbons (Fsp3) is 0.278. The Balaban J connectivity index is 1.86. The van der Waals surface area contributed by atoms with E-state index in [1.54, 1.807) is 18.5 Å².